The van der Waals surface area contributed by atoms with Crippen LogP contribution >= 0.6 is 0 Å². The van der Waals surface area contributed by atoms with Gasteiger partial charge >= 0.3 is 0 Å². The molecule has 0 aromatic heterocycles. The Morgan fingerprint density at radius 2 is 2.10 bits per heavy atom. The maximum absolute atomic E-state index is 12.0. The van der Waals surface area contributed by atoms with Gasteiger partial charge in [-0.3, -0.25) is 4.79 Å². The number of carbonyl (C=O) groups is 1. The third kappa shape index (κ3) is 4.48. The number of unbranched alkanes of at least 4 members (excludes halogenated alkanes) is 2. The third-order valence-electron chi connectivity index (χ3n) is 4.11. The zero-order valence-electron chi connectivity index (χ0n) is 13.3. The van der Waals surface area contributed by atoms with Crippen molar-refractivity contribution in [1.82, 2.24) is 5.32 Å². The van der Waals surface area contributed by atoms with Crippen molar-refractivity contribution >= 4 is 5.91 Å². The minimum atomic E-state index is -0.431. The molecule has 116 valence electrons. The van der Waals surface area contributed by atoms with Crippen molar-refractivity contribution in [3.05, 3.63) is 29.3 Å². The molecule has 1 aromatic carbocycles. The fourth-order valence-electron chi connectivity index (χ4n) is 2.83. The normalized spacial score (nSPS) is 15.1. The van der Waals surface area contributed by atoms with Crippen LogP contribution in [0.1, 0.15) is 57.1 Å². The van der Waals surface area contributed by atoms with E-state index in [1.807, 2.05) is 19.1 Å². The summed E-state index contributed by atoms with van der Waals surface area (Å²) in [6.07, 6.45) is 7.59. The number of amides is 1. The molecular formula is C18H27NO2. The van der Waals surface area contributed by atoms with E-state index >= 15 is 0 Å². The smallest absolute Gasteiger partial charge is 0.260 e. The molecule has 0 aliphatic heterocycles. The van der Waals surface area contributed by atoms with Crippen molar-refractivity contribution in [2.24, 2.45) is 0 Å². The summed E-state index contributed by atoms with van der Waals surface area (Å²) in [6.45, 7) is 4.73. The standard InChI is InChI=1S/C18H27NO2/c1-3-4-7-13-19-18(20)14(2)21-17-12-8-10-15-9-5-6-11-16(15)17/h8,10,12,14H,3-7,9,11,13H2,1-2H3,(H,19,20). The Morgan fingerprint density at radius 3 is 2.90 bits per heavy atom. The van der Waals surface area contributed by atoms with Crippen molar-refractivity contribution in [2.75, 3.05) is 6.54 Å². The minimum absolute atomic E-state index is 0.0143. The fraction of sp³-hybridized carbons (Fsp3) is 0.611. The van der Waals surface area contributed by atoms with Gasteiger partial charge in [0.25, 0.3) is 5.91 Å². The summed E-state index contributed by atoms with van der Waals surface area (Å²) in [5.74, 6) is 0.878. The number of benzene rings is 1. The highest BCUT2D eigenvalue weighted by Gasteiger charge is 2.18. The van der Waals surface area contributed by atoms with Gasteiger partial charge in [0.2, 0.25) is 0 Å². The van der Waals surface area contributed by atoms with Gasteiger partial charge in [0.05, 0.1) is 0 Å². The molecule has 0 saturated heterocycles. The lowest BCUT2D eigenvalue weighted by Crippen LogP contribution is -2.37. The second kappa shape index (κ2) is 8.06. The van der Waals surface area contributed by atoms with E-state index in [9.17, 15) is 4.79 Å². The van der Waals surface area contributed by atoms with E-state index in [4.69, 9.17) is 4.74 Å². The first kappa shape index (κ1) is 15.9. The van der Waals surface area contributed by atoms with Gasteiger partial charge in [-0.05, 0) is 56.2 Å². The molecule has 0 heterocycles. The Morgan fingerprint density at radius 1 is 1.29 bits per heavy atom. The number of hydrogen-bond donors (Lipinski definition) is 1. The topological polar surface area (TPSA) is 38.3 Å². The zero-order chi connectivity index (χ0) is 15.1. The van der Waals surface area contributed by atoms with Crippen molar-refractivity contribution in [3.63, 3.8) is 0 Å². The number of rotatable bonds is 7. The Hall–Kier alpha value is -1.51. The molecule has 3 heteroatoms. The van der Waals surface area contributed by atoms with E-state index in [0.29, 0.717) is 0 Å². The van der Waals surface area contributed by atoms with Crippen LogP contribution in [0.3, 0.4) is 0 Å². The van der Waals surface area contributed by atoms with Gasteiger partial charge < -0.3 is 10.1 Å². The van der Waals surface area contributed by atoms with Crippen molar-refractivity contribution in [2.45, 2.75) is 64.9 Å². The second-order valence-corrected chi connectivity index (χ2v) is 5.86. The summed E-state index contributed by atoms with van der Waals surface area (Å²) in [5, 5.41) is 2.95. The number of fused-ring (bicyclic) bond motifs is 1. The molecule has 1 aromatic rings. The molecule has 1 N–H and O–H groups in total. The van der Waals surface area contributed by atoms with E-state index < -0.39 is 6.10 Å². The number of carbonyl (C=O) groups excluding carboxylic acids is 1. The number of ether oxygens (including phenoxy) is 1. The van der Waals surface area contributed by atoms with Crippen LogP contribution in [0.2, 0.25) is 0 Å². The molecule has 2 rings (SSSR count). The summed E-state index contributed by atoms with van der Waals surface area (Å²) in [5.41, 5.74) is 2.68. The molecule has 3 nitrogen and oxygen atoms in total. The number of aryl methyl sites for hydroxylation is 1. The average molecular weight is 289 g/mol. The summed E-state index contributed by atoms with van der Waals surface area (Å²) >= 11 is 0. The van der Waals surface area contributed by atoms with E-state index in [-0.39, 0.29) is 5.91 Å². The monoisotopic (exact) mass is 289 g/mol. The molecule has 21 heavy (non-hydrogen) atoms. The summed E-state index contributed by atoms with van der Waals surface area (Å²) in [4.78, 5) is 12.0. The lowest BCUT2D eigenvalue weighted by Gasteiger charge is -2.22. The van der Waals surface area contributed by atoms with Gasteiger partial charge in [0.1, 0.15) is 5.75 Å². The molecule has 0 bridgehead atoms. The first-order chi connectivity index (χ1) is 10.2. The van der Waals surface area contributed by atoms with Gasteiger partial charge in [-0.15, -0.1) is 0 Å². The van der Waals surface area contributed by atoms with Crippen LogP contribution in [0.15, 0.2) is 18.2 Å². The lowest BCUT2D eigenvalue weighted by atomic mass is 9.91. The van der Waals surface area contributed by atoms with Crippen molar-refractivity contribution in [3.8, 4) is 5.75 Å². The summed E-state index contributed by atoms with van der Waals surface area (Å²) in [6, 6.07) is 6.20. The third-order valence-corrected chi connectivity index (χ3v) is 4.11. The molecule has 0 radical (unpaired) electrons. The molecule has 1 atom stereocenters. The van der Waals surface area contributed by atoms with Gasteiger partial charge in [-0.1, -0.05) is 31.9 Å². The van der Waals surface area contributed by atoms with Crippen molar-refractivity contribution in [1.29, 1.82) is 0 Å². The average Bonchev–Trinajstić information content (AvgIpc) is 2.51. The highest BCUT2D eigenvalue weighted by molar-refractivity contribution is 5.80. The van der Waals surface area contributed by atoms with Crippen LogP contribution in [0.5, 0.6) is 5.75 Å². The zero-order valence-corrected chi connectivity index (χ0v) is 13.3. The Bertz CT molecular complexity index is 470. The SMILES string of the molecule is CCCCCNC(=O)C(C)Oc1cccc2c1CCCC2. The molecule has 1 unspecified atom stereocenters. The van der Waals surface area contributed by atoms with Gasteiger partial charge in [0, 0.05) is 6.54 Å². The van der Waals surface area contributed by atoms with Crippen LogP contribution in [0.4, 0.5) is 0 Å². The second-order valence-electron chi connectivity index (χ2n) is 5.86. The number of nitrogens with one attached hydrogen (secondary N) is 1. The van der Waals surface area contributed by atoms with E-state index in [1.54, 1.807) is 0 Å². The number of hydrogen-bond acceptors (Lipinski definition) is 2. The minimum Gasteiger partial charge on any atom is -0.481 e. The largest absolute Gasteiger partial charge is 0.481 e. The van der Waals surface area contributed by atoms with Gasteiger partial charge in [-0.2, -0.15) is 0 Å². The van der Waals surface area contributed by atoms with Crippen LogP contribution in [0, 0.1) is 0 Å². The van der Waals surface area contributed by atoms with E-state index in [2.05, 4.69) is 18.3 Å². The maximum atomic E-state index is 12.0. The Labute approximate surface area is 128 Å². The molecule has 1 aliphatic carbocycles. The van der Waals surface area contributed by atoms with Crippen LogP contribution < -0.4 is 10.1 Å². The van der Waals surface area contributed by atoms with Crippen LogP contribution in [-0.4, -0.2) is 18.6 Å². The summed E-state index contributed by atoms with van der Waals surface area (Å²) < 4.78 is 5.92. The quantitative estimate of drug-likeness (QED) is 0.778. The predicted molar refractivity (Wildman–Crippen MR) is 85.7 cm³/mol. The fourth-order valence-corrected chi connectivity index (χ4v) is 2.83. The Balaban J connectivity index is 1.90. The van der Waals surface area contributed by atoms with E-state index in [0.717, 1.165) is 44.4 Å². The molecule has 0 fully saturated rings. The van der Waals surface area contributed by atoms with Crippen LogP contribution in [0.25, 0.3) is 0 Å². The molecule has 0 saturated carbocycles. The summed E-state index contributed by atoms with van der Waals surface area (Å²) in [7, 11) is 0. The predicted octanol–water partition coefficient (Wildman–Crippen LogP) is 3.64. The van der Waals surface area contributed by atoms with Crippen molar-refractivity contribution < 1.29 is 9.53 Å². The highest BCUT2D eigenvalue weighted by Crippen LogP contribution is 2.30. The first-order valence-electron chi connectivity index (χ1n) is 8.27. The first-order valence-corrected chi connectivity index (χ1v) is 8.27. The Kier molecular flexibility index (Phi) is 6.09. The van der Waals surface area contributed by atoms with Crippen LogP contribution in [-0.2, 0) is 17.6 Å². The molecule has 0 spiro atoms. The molecule has 1 aliphatic rings. The van der Waals surface area contributed by atoms with Gasteiger partial charge in [0.15, 0.2) is 6.10 Å². The molecule has 1 amide bonds. The van der Waals surface area contributed by atoms with E-state index in [1.165, 1.54) is 24.0 Å². The van der Waals surface area contributed by atoms with Gasteiger partial charge in [-0.25, -0.2) is 0 Å². The highest BCUT2D eigenvalue weighted by atomic mass is 16.5. The lowest BCUT2D eigenvalue weighted by molar-refractivity contribution is -0.127. The molecular weight excluding hydrogens is 262 g/mol. The maximum Gasteiger partial charge on any atom is 0.260 e.